The Labute approximate surface area is 174 Å². The lowest BCUT2D eigenvalue weighted by atomic mass is 9.93. The van der Waals surface area contributed by atoms with E-state index in [4.69, 9.17) is 0 Å². The zero-order valence-electron chi connectivity index (χ0n) is 16.4. The SMILES string of the molecule is O=C(O)CC(c1ccccc1)n1cnc2ccc(NC(=O)C3CC4C=CC3C4)cc21. The summed E-state index contributed by atoms with van der Waals surface area (Å²) in [7, 11) is 0. The second-order valence-electron chi connectivity index (χ2n) is 8.26. The predicted octanol–water partition coefficient (Wildman–Crippen LogP) is 4.25. The molecule has 0 saturated heterocycles. The molecule has 0 radical (unpaired) electrons. The highest BCUT2D eigenvalue weighted by molar-refractivity contribution is 5.95. The first-order valence-electron chi connectivity index (χ1n) is 10.3. The minimum absolute atomic E-state index is 0.0321. The number of carboxylic acid groups (broad SMARTS) is 1. The molecule has 2 bridgehead atoms. The van der Waals surface area contributed by atoms with Gasteiger partial charge in [0, 0.05) is 11.6 Å². The molecule has 2 N–H and O–H groups in total. The summed E-state index contributed by atoms with van der Waals surface area (Å²) in [6.07, 6.45) is 8.03. The van der Waals surface area contributed by atoms with E-state index in [-0.39, 0.29) is 24.3 Å². The topological polar surface area (TPSA) is 84.2 Å². The molecule has 1 amide bonds. The summed E-state index contributed by atoms with van der Waals surface area (Å²) in [6, 6.07) is 14.8. The highest BCUT2D eigenvalue weighted by atomic mass is 16.4. The number of nitrogens with zero attached hydrogens (tertiary/aromatic N) is 2. The maximum atomic E-state index is 12.8. The van der Waals surface area contributed by atoms with E-state index in [9.17, 15) is 14.7 Å². The standard InChI is InChI=1S/C24H23N3O3/c28-23(29)13-21(16-4-2-1-3-5-16)27-14-25-20-9-8-18(12-22(20)27)26-24(30)19-11-15-6-7-17(19)10-15/h1-9,12,14-15,17,19,21H,10-11,13H2,(H,26,30)(H,28,29). The number of rotatable bonds is 6. The van der Waals surface area contributed by atoms with Crippen LogP contribution in [0.2, 0.25) is 0 Å². The van der Waals surface area contributed by atoms with E-state index in [1.807, 2.05) is 53.1 Å². The number of anilines is 1. The van der Waals surface area contributed by atoms with Crippen molar-refractivity contribution in [1.82, 2.24) is 9.55 Å². The fourth-order valence-corrected chi connectivity index (χ4v) is 4.89. The minimum Gasteiger partial charge on any atom is -0.481 e. The van der Waals surface area contributed by atoms with Crippen molar-refractivity contribution in [1.29, 1.82) is 0 Å². The van der Waals surface area contributed by atoms with E-state index in [0.29, 0.717) is 17.5 Å². The average Bonchev–Trinajstić information content (AvgIpc) is 3.48. The van der Waals surface area contributed by atoms with Gasteiger partial charge in [-0.3, -0.25) is 9.59 Å². The van der Waals surface area contributed by atoms with Crippen LogP contribution in [0.15, 0.2) is 67.0 Å². The van der Waals surface area contributed by atoms with Crippen LogP contribution in [-0.4, -0.2) is 26.5 Å². The Bertz CT molecular complexity index is 1140. The molecule has 1 aromatic heterocycles. The van der Waals surface area contributed by atoms with Crippen molar-refractivity contribution in [2.24, 2.45) is 17.8 Å². The average molecular weight is 401 g/mol. The largest absolute Gasteiger partial charge is 0.481 e. The van der Waals surface area contributed by atoms with Crippen LogP contribution < -0.4 is 5.32 Å². The molecule has 0 spiro atoms. The molecule has 2 aromatic carbocycles. The fourth-order valence-electron chi connectivity index (χ4n) is 4.89. The predicted molar refractivity (Wildman–Crippen MR) is 114 cm³/mol. The number of aromatic nitrogens is 2. The van der Waals surface area contributed by atoms with Gasteiger partial charge in [0.05, 0.1) is 29.8 Å². The number of hydrogen-bond acceptors (Lipinski definition) is 3. The molecule has 1 saturated carbocycles. The van der Waals surface area contributed by atoms with Crippen molar-refractivity contribution in [2.45, 2.75) is 25.3 Å². The summed E-state index contributed by atoms with van der Waals surface area (Å²) in [6.45, 7) is 0. The Kier molecular flexibility index (Phi) is 4.62. The Balaban J connectivity index is 1.45. The lowest BCUT2D eigenvalue weighted by Gasteiger charge is -2.19. The number of aliphatic carboxylic acids is 1. The van der Waals surface area contributed by atoms with Crippen LogP contribution in [0.4, 0.5) is 5.69 Å². The van der Waals surface area contributed by atoms with E-state index in [1.54, 1.807) is 6.33 Å². The van der Waals surface area contributed by atoms with Gasteiger partial charge in [-0.1, -0.05) is 42.5 Å². The number of carbonyl (C=O) groups is 2. The third-order valence-electron chi connectivity index (χ3n) is 6.35. The molecule has 2 aliphatic carbocycles. The molecule has 1 heterocycles. The molecular formula is C24H23N3O3. The number of carboxylic acids is 1. The van der Waals surface area contributed by atoms with Crippen molar-refractivity contribution in [3.63, 3.8) is 0 Å². The van der Waals surface area contributed by atoms with Gasteiger partial charge in [-0.25, -0.2) is 4.98 Å². The number of imidazole rings is 1. The number of hydrogen-bond donors (Lipinski definition) is 2. The van der Waals surface area contributed by atoms with Gasteiger partial charge in [-0.2, -0.15) is 0 Å². The molecule has 4 atom stereocenters. The smallest absolute Gasteiger partial charge is 0.305 e. The Morgan fingerprint density at radius 1 is 1.13 bits per heavy atom. The van der Waals surface area contributed by atoms with Gasteiger partial charge in [-0.15, -0.1) is 0 Å². The van der Waals surface area contributed by atoms with Gasteiger partial charge in [0.15, 0.2) is 0 Å². The Hall–Kier alpha value is -3.41. The van der Waals surface area contributed by atoms with Crippen molar-refractivity contribution in [3.05, 3.63) is 72.6 Å². The molecule has 6 heteroatoms. The van der Waals surface area contributed by atoms with Gasteiger partial charge in [0.25, 0.3) is 0 Å². The van der Waals surface area contributed by atoms with Crippen molar-refractivity contribution >= 4 is 28.6 Å². The van der Waals surface area contributed by atoms with Crippen LogP contribution in [0, 0.1) is 17.8 Å². The van der Waals surface area contributed by atoms with Crippen LogP contribution in [0.25, 0.3) is 11.0 Å². The third kappa shape index (κ3) is 3.38. The Morgan fingerprint density at radius 2 is 1.97 bits per heavy atom. The van der Waals surface area contributed by atoms with Gasteiger partial charge in [0.1, 0.15) is 0 Å². The molecule has 6 nitrogen and oxygen atoms in total. The van der Waals surface area contributed by atoms with Crippen LogP contribution in [-0.2, 0) is 9.59 Å². The third-order valence-corrected chi connectivity index (χ3v) is 6.35. The summed E-state index contributed by atoms with van der Waals surface area (Å²) in [5.41, 5.74) is 3.18. The molecule has 1 fully saturated rings. The van der Waals surface area contributed by atoms with Gasteiger partial charge in [-0.05, 0) is 48.4 Å². The quantitative estimate of drug-likeness (QED) is 0.605. The lowest BCUT2D eigenvalue weighted by molar-refractivity contribution is -0.137. The number of amides is 1. The van der Waals surface area contributed by atoms with Crippen molar-refractivity contribution in [3.8, 4) is 0 Å². The maximum absolute atomic E-state index is 12.8. The van der Waals surface area contributed by atoms with E-state index in [0.717, 1.165) is 29.4 Å². The second kappa shape index (κ2) is 7.44. The first-order valence-corrected chi connectivity index (χ1v) is 10.3. The van der Waals surface area contributed by atoms with Crippen LogP contribution in [0.1, 0.15) is 30.9 Å². The summed E-state index contributed by atoms with van der Waals surface area (Å²) in [5.74, 6) is 0.103. The first kappa shape index (κ1) is 18.6. The number of nitrogens with one attached hydrogen (secondary N) is 1. The van der Waals surface area contributed by atoms with Crippen LogP contribution >= 0.6 is 0 Å². The zero-order chi connectivity index (χ0) is 20.7. The zero-order valence-corrected chi connectivity index (χ0v) is 16.4. The second-order valence-corrected chi connectivity index (χ2v) is 8.26. The molecule has 0 aliphatic heterocycles. The first-order chi connectivity index (χ1) is 14.6. The number of fused-ring (bicyclic) bond motifs is 3. The fraction of sp³-hybridized carbons (Fsp3) is 0.292. The molecular weight excluding hydrogens is 378 g/mol. The number of carbonyl (C=O) groups excluding carboxylic acids is 1. The van der Waals surface area contributed by atoms with Crippen molar-refractivity contribution in [2.75, 3.05) is 5.32 Å². The molecule has 152 valence electrons. The maximum Gasteiger partial charge on any atom is 0.305 e. The monoisotopic (exact) mass is 401 g/mol. The molecule has 30 heavy (non-hydrogen) atoms. The summed E-state index contributed by atoms with van der Waals surface area (Å²) in [5, 5.41) is 12.5. The van der Waals surface area contributed by atoms with E-state index < -0.39 is 5.97 Å². The Morgan fingerprint density at radius 3 is 2.67 bits per heavy atom. The highest BCUT2D eigenvalue weighted by Crippen LogP contribution is 2.43. The van der Waals surface area contributed by atoms with Crippen molar-refractivity contribution < 1.29 is 14.7 Å². The van der Waals surface area contributed by atoms with Crippen LogP contribution in [0.3, 0.4) is 0 Å². The van der Waals surface area contributed by atoms with Gasteiger partial charge in [0.2, 0.25) is 5.91 Å². The highest BCUT2D eigenvalue weighted by Gasteiger charge is 2.39. The van der Waals surface area contributed by atoms with E-state index >= 15 is 0 Å². The normalized spacial score (nSPS) is 23.0. The molecule has 4 unspecified atom stereocenters. The summed E-state index contributed by atoms with van der Waals surface area (Å²) in [4.78, 5) is 28.8. The van der Waals surface area contributed by atoms with Gasteiger partial charge >= 0.3 is 5.97 Å². The lowest BCUT2D eigenvalue weighted by Crippen LogP contribution is -2.25. The summed E-state index contributed by atoms with van der Waals surface area (Å²) < 4.78 is 1.88. The molecule has 2 aliphatic rings. The number of allylic oxidation sites excluding steroid dienone is 2. The minimum atomic E-state index is -0.875. The molecule has 5 rings (SSSR count). The number of benzene rings is 2. The van der Waals surface area contributed by atoms with E-state index in [2.05, 4.69) is 22.5 Å². The van der Waals surface area contributed by atoms with E-state index in [1.165, 1.54) is 0 Å². The summed E-state index contributed by atoms with van der Waals surface area (Å²) >= 11 is 0. The van der Waals surface area contributed by atoms with Crippen LogP contribution in [0.5, 0.6) is 0 Å². The molecule has 3 aromatic rings. The van der Waals surface area contributed by atoms with Gasteiger partial charge < -0.3 is 15.0 Å².